The number of hydrogen-bond acceptors (Lipinski definition) is 3. The second-order valence-corrected chi connectivity index (χ2v) is 5.06. The minimum absolute atomic E-state index is 0.117. The summed E-state index contributed by atoms with van der Waals surface area (Å²) in [7, 11) is -5.80. The SMILES string of the molecule is Cc1cc(OCC(F)F)c(S(=O)(=O)F)c(C(F)(F)F)c1. The fourth-order valence-corrected chi connectivity index (χ4v) is 2.26. The summed E-state index contributed by atoms with van der Waals surface area (Å²) >= 11 is 0. The van der Waals surface area contributed by atoms with Gasteiger partial charge in [0.05, 0.1) is 5.56 Å². The summed E-state index contributed by atoms with van der Waals surface area (Å²) < 4.78 is 101. The molecule has 0 fully saturated rings. The van der Waals surface area contributed by atoms with Crippen LogP contribution >= 0.6 is 0 Å². The number of alkyl halides is 5. The predicted molar refractivity (Wildman–Crippen MR) is 56.0 cm³/mol. The van der Waals surface area contributed by atoms with Gasteiger partial charge in [-0.15, -0.1) is 3.89 Å². The predicted octanol–water partition coefficient (Wildman–Crippen LogP) is 3.32. The summed E-state index contributed by atoms with van der Waals surface area (Å²) in [4.78, 5) is -1.80. The van der Waals surface area contributed by atoms with Gasteiger partial charge in [0.25, 0.3) is 6.43 Å². The summed E-state index contributed by atoms with van der Waals surface area (Å²) in [6.07, 6.45) is -8.23. The molecule has 0 atom stereocenters. The molecule has 0 bridgehead atoms. The molecule has 3 nitrogen and oxygen atoms in total. The van der Waals surface area contributed by atoms with Crippen molar-refractivity contribution in [1.29, 1.82) is 0 Å². The van der Waals surface area contributed by atoms with Crippen LogP contribution < -0.4 is 4.74 Å². The first-order chi connectivity index (χ1) is 8.93. The Bertz CT molecular complexity index is 594. The Balaban J connectivity index is 3.54. The maximum atomic E-state index is 13.0. The minimum atomic E-state index is -5.80. The summed E-state index contributed by atoms with van der Waals surface area (Å²) in [6, 6.07) is 1.13. The zero-order valence-electron chi connectivity index (χ0n) is 9.84. The van der Waals surface area contributed by atoms with E-state index >= 15 is 0 Å². The highest BCUT2D eigenvalue weighted by molar-refractivity contribution is 7.86. The lowest BCUT2D eigenvalue weighted by atomic mass is 10.1. The van der Waals surface area contributed by atoms with E-state index in [0.29, 0.717) is 6.07 Å². The van der Waals surface area contributed by atoms with Crippen molar-refractivity contribution in [3.63, 3.8) is 0 Å². The van der Waals surface area contributed by atoms with E-state index in [1.165, 1.54) is 0 Å². The highest BCUT2D eigenvalue weighted by Crippen LogP contribution is 2.40. The van der Waals surface area contributed by atoms with E-state index in [1.54, 1.807) is 0 Å². The molecule has 1 aromatic rings. The average Bonchev–Trinajstić information content (AvgIpc) is 2.22. The molecule has 20 heavy (non-hydrogen) atoms. The van der Waals surface area contributed by atoms with Gasteiger partial charge in [-0.3, -0.25) is 0 Å². The Morgan fingerprint density at radius 3 is 2.20 bits per heavy atom. The van der Waals surface area contributed by atoms with Crippen molar-refractivity contribution in [1.82, 2.24) is 0 Å². The van der Waals surface area contributed by atoms with Gasteiger partial charge in [0, 0.05) is 0 Å². The van der Waals surface area contributed by atoms with Gasteiger partial charge in [-0.1, -0.05) is 0 Å². The summed E-state index contributed by atoms with van der Waals surface area (Å²) in [5, 5.41) is 0. The smallest absolute Gasteiger partial charge is 0.417 e. The summed E-state index contributed by atoms with van der Waals surface area (Å²) in [6.45, 7) is -0.206. The lowest BCUT2D eigenvalue weighted by Gasteiger charge is -2.16. The van der Waals surface area contributed by atoms with Crippen LogP contribution in [-0.4, -0.2) is 21.5 Å². The molecule has 0 unspecified atom stereocenters. The van der Waals surface area contributed by atoms with Crippen LogP contribution in [0.3, 0.4) is 0 Å². The van der Waals surface area contributed by atoms with Crippen molar-refractivity contribution in [3.05, 3.63) is 23.3 Å². The van der Waals surface area contributed by atoms with Crippen LogP contribution in [-0.2, 0) is 16.4 Å². The molecule has 0 aromatic heterocycles. The molecule has 0 saturated carbocycles. The highest BCUT2D eigenvalue weighted by Gasteiger charge is 2.40. The van der Waals surface area contributed by atoms with E-state index in [9.17, 15) is 34.3 Å². The Hall–Kier alpha value is -1.45. The van der Waals surface area contributed by atoms with Crippen molar-refractivity contribution in [2.45, 2.75) is 24.4 Å². The molecular weight excluding hydrogens is 314 g/mol. The first-order valence-corrected chi connectivity index (χ1v) is 6.38. The number of aryl methyl sites for hydroxylation is 1. The first-order valence-electron chi connectivity index (χ1n) is 5.00. The van der Waals surface area contributed by atoms with Crippen LogP contribution in [0.2, 0.25) is 0 Å². The molecule has 0 radical (unpaired) electrons. The zero-order chi connectivity index (χ0) is 15.7. The van der Waals surface area contributed by atoms with Gasteiger partial charge in [-0.2, -0.15) is 21.6 Å². The molecule has 0 heterocycles. The minimum Gasteiger partial charge on any atom is -0.486 e. The Labute approximate surface area is 110 Å². The second kappa shape index (κ2) is 5.51. The van der Waals surface area contributed by atoms with Gasteiger partial charge >= 0.3 is 16.4 Å². The van der Waals surface area contributed by atoms with Gasteiger partial charge in [0.1, 0.15) is 12.4 Å². The quantitative estimate of drug-likeness (QED) is 0.631. The topological polar surface area (TPSA) is 43.4 Å². The third-order valence-electron chi connectivity index (χ3n) is 2.11. The van der Waals surface area contributed by atoms with Crippen molar-refractivity contribution in [2.24, 2.45) is 0 Å². The molecule has 0 aliphatic heterocycles. The van der Waals surface area contributed by atoms with Gasteiger partial charge in [-0.25, -0.2) is 8.78 Å². The molecule has 0 N–H and O–H groups in total. The van der Waals surface area contributed by atoms with E-state index < -0.39 is 45.6 Å². The molecule has 10 heteroatoms. The standard InChI is InChI=1S/C10H8F6O3S/c1-5-2-6(10(13,14)15)9(20(16,17)18)7(3-5)19-4-8(11)12/h2-3,8H,4H2,1H3. The van der Waals surface area contributed by atoms with E-state index in [0.717, 1.165) is 13.0 Å². The highest BCUT2D eigenvalue weighted by atomic mass is 32.3. The third kappa shape index (κ3) is 4.02. The van der Waals surface area contributed by atoms with E-state index in [4.69, 9.17) is 0 Å². The van der Waals surface area contributed by atoms with Crippen molar-refractivity contribution in [2.75, 3.05) is 6.61 Å². The molecule has 0 amide bonds. The number of halogens is 6. The Kier molecular flexibility index (Phi) is 4.57. The van der Waals surface area contributed by atoms with Crippen LogP contribution in [0.25, 0.3) is 0 Å². The maximum Gasteiger partial charge on any atom is 0.417 e. The maximum absolute atomic E-state index is 13.0. The number of ether oxygens (including phenoxy) is 1. The molecule has 0 spiro atoms. The lowest BCUT2D eigenvalue weighted by molar-refractivity contribution is -0.140. The van der Waals surface area contributed by atoms with E-state index in [-0.39, 0.29) is 5.56 Å². The second-order valence-electron chi connectivity index (χ2n) is 3.78. The van der Waals surface area contributed by atoms with Gasteiger partial charge in [-0.05, 0) is 24.6 Å². The summed E-state index contributed by atoms with van der Waals surface area (Å²) in [5.41, 5.74) is -1.92. The van der Waals surface area contributed by atoms with Crippen LogP contribution in [0.4, 0.5) is 25.8 Å². The van der Waals surface area contributed by atoms with E-state index in [1.807, 2.05) is 0 Å². The molecule has 0 aliphatic carbocycles. The fraction of sp³-hybridized carbons (Fsp3) is 0.400. The number of hydrogen-bond donors (Lipinski definition) is 0. The molecule has 1 aromatic carbocycles. The molecule has 0 saturated heterocycles. The van der Waals surface area contributed by atoms with Crippen LogP contribution in [0.1, 0.15) is 11.1 Å². The van der Waals surface area contributed by atoms with Gasteiger partial charge in [0.2, 0.25) is 0 Å². The normalized spacial score (nSPS) is 12.8. The Morgan fingerprint density at radius 1 is 1.25 bits per heavy atom. The molecular formula is C10H8F6O3S. The van der Waals surface area contributed by atoms with Crippen molar-refractivity contribution in [3.8, 4) is 5.75 Å². The average molecular weight is 322 g/mol. The molecule has 114 valence electrons. The molecule has 1 rings (SSSR count). The first kappa shape index (κ1) is 16.6. The van der Waals surface area contributed by atoms with Crippen molar-refractivity contribution < 1.29 is 39.0 Å². The third-order valence-corrected chi connectivity index (χ3v) is 3.02. The number of rotatable bonds is 4. The number of benzene rings is 1. The largest absolute Gasteiger partial charge is 0.486 e. The zero-order valence-corrected chi connectivity index (χ0v) is 10.7. The van der Waals surface area contributed by atoms with Gasteiger partial charge in [0.15, 0.2) is 4.90 Å². The van der Waals surface area contributed by atoms with Gasteiger partial charge < -0.3 is 4.74 Å². The summed E-state index contributed by atoms with van der Waals surface area (Å²) in [5.74, 6) is -1.10. The fourth-order valence-electron chi connectivity index (χ4n) is 1.46. The monoisotopic (exact) mass is 322 g/mol. The van der Waals surface area contributed by atoms with Crippen LogP contribution in [0, 0.1) is 6.92 Å². The van der Waals surface area contributed by atoms with Crippen LogP contribution in [0.15, 0.2) is 17.0 Å². The lowest BCUT2D eigenvalue weighted by Crippen LogP contribution is -2.15. The van der Waals surface area contributed by atoms with Crippen LogP contribution in [0.5, 0.6) is 5.75 Å². The Morgan fingerprint density at radius 2 is 1.80 bits per heavy atom. The van der Waals surface area contributed by atoms with Crippen molar-refractivity contribution >= 4 is 10.2 Å². The van der Waals surface area contributed by atoms with E-state index in [2.05, 4.69) is 4.74 Å². The molecule has 0 aliphatic rings.